The number of aromatic nitrogens is 4. The van der Waals surface area contributed by atoms with Gasteiger partial charge in [0.15, 0.2) is 0 Å². The zero-order valence-corrected chi connectivity index (χ0v) is 55.5. The molecular formula is C88H84N4. The minimum atomic E-state index is -0.296. The molecule has 0 unspecified atom stereocenters. The van der Waals surface area contributed by atoms with E-state index in [4.69, 9.17) is 0 Å². The largest absolute Gasteiger partial charge is 0.320 e. The lowest BCUT2D eigenvalue weighted by Crippen LogP contribution is -2.29. The Kier molecular flexibility index (Phi) is 15.9. The molecule has 0 saturated carbocycles. The van der Waals surface area contributed by atoms with E-state index in [1.54, 1.807) is 0 Å². The normalized spacial score (nSPS) is 12.9. The predicted molar refractivity (Wildman–Crippen MR) is 394 cm³/mol. The van der Waals surface area contributed by atoms with Crippen molar-refractivity contribution >= 4 is 65.5 Å². The summed E-state index contributed by atoms with van der Waals surface area (Å²) in [5.41, 5.74) is 22.2. The summed E-state index contributed by atoms with van der Waals surface area (Å²) in [5, 5.41) is 7.78. The van der Waals surface area contributed by atoms with E-state index < -0.39 is 0 Å². The number of para-hydroxylation sites is 5. The van der Waals surface area contributed by atoms with Crippen LogP contribution in [0.25, 0.3) is 88.0 Å². The first-order valence-corrected chi connectivity index (χ1v) is 32.6. The summed E-state index contributed by atoms with van der Waals surface area (Å²) < 4.78 is 7.03. The lowest BCUT2D eigenvalue weighted by atomic mass is 9.67. The summed E-state index contributed by atoms with van der Waals surface area (Å²) in [6.07, 6.45) is 1.86. The third kappa shape index (κ3) is 11.1. The number of pyridine rings is 1. The molecule has 0 aliphatic heterocycles. The highest BCUT2D eigenvalue weighted by molar-refractivity contribution is 6.11. The van der Waals surface area contributed by atoms with Crippen LogP contribution in [0.1, 0.15) is 122 Å². The van der Waals surface area contributed by atoms with E-state index in [-0.39, 0.29) is 27.2 Å². The second-order valence-electron chi connectivity index (χ2n) is 28.8. The van der Waals surface area contributed by atoms with Crippen LogP contribution in [0, 0.1) is 0 Å². The monoisotopic (exact) mass is 1200 g/mol. The molecule has 0 saturated heterocycles. The first-order valence-electron chi connectivity index (χ1n) is 32.6. The molecule has 0 N–H and O–H groups in total. The summed E-state index contributed by atoms with van der Waals surface area (Å²) in [6, 6.07) is 103. The highest BCUT2D eigenvalue weighted by Crippen LogP contribution is 2.56. The van der Waals surface area contributed by atoms with Gasteiger partial charge in [0.25, 0.3) is 0 Å². The Balaban J connectivity index is 0.000000114. The third-order valence-electron chi connectivity index (χ3n) is 18.6. The zero-order valence-electron chi connectivity index (χ0n) is 55.5. The van der Waals surface area contributed by atoms with Crippen molar-refractivity contribution in [2.75, 3.05) is 0 Å². The van der Waals surface area contributed by atoms with Gasteiger partial charge in [-0.05, 0) is 160 Å². The fourth-order valence-electron chi connectivity index (χ4n) is 14.0. The van der Waals surface area contributed by atoms with E-state index in [9.17, 15) is 0 Å². The summed E-state index contributed by atoms with van der Waals surface area (Å²) in [4.78, 5) is 4.55. The van der Waals surface area contributed by atoms with Gasteiger partial charge in [-0.25, -0.2) is 4.98 Å². The van der Waals surface area contributed by atoms with Crippen LogP contribution in [0.3, 0.4) is 0 Å². The molecule has 4 heteroatoms. The van der Waals surface area contributed by atoms with E-state index >= 15 is 0 Å². The molecule has 1 aliphatic carbocycles. The van der Waals surface area contributed by atoms with Crippen molar-refractivity contribution in [1.29, 1.82) is 0 Å². The maximum atomic E-state index is 4.55. The van der Waals surface area contributed by atoms with Crippen LogP contribution in [0.4, 0.5) is 0 Å². The standard InChI is InChI=1S/C29H26.2C22H21N.C15H16N2/c1-28(2,3)23-18-19-25-24-16-10-11-17-26(24)29(27(25)20-23,21-12-6-4-7-13-21)22-14-8-5-9-15-22;1-22(2,3)16-12-14-17(15-13-16)23-20-10-6-4-8-18(20)19-9-5-7-11-21(19)23;1-22(2,3)16-13-14-21-19(15-16)18-11-7-8-12-20(18)23(21)17-9-5-4-6-10-17;1-15(2,3)17-13-9-5-4-7-11(13)12-8-6-10-16-14(12)17/h4-20H,1-3H3;2*4-15H,1-3H3;4-10H,1-3H3. The number of hydrogen-bond acceptors (Lipinski definition) is 1. The number of nitrogens with zero attached hydrogens (tertiary/aromatic N) is 4. The molecule has 1 aliphatic rings. The number of fused-ring (bicyclic) bond motifs is 12. The Bertz CT molecular complexity index is 4960. The molecule has 11 aromatic carbocycles. The third-order valence-corrected chi connectivity index (χ3v) is 18.6. The molecule has 0 radical (unpaired) electrons. The van der Waals surface area contributed by atoms with Crippen molar-refractivity contribution in [3.05, 3.63) is 330 Å². The first-order chi connectivity index (χ1) is 44.2. The molecule has 0 amide bonds. The molecule has 456 valence electrons. The Morgan fingerprint density at radius 2 is 0.663 bits per heavy atom. The summed E-state index contributed by atoms with van der Waals surface area (Å²) >= 11 is 0. The van der Waals surface area contributed by atoms with E-state index in [1.165, 1.54) is 121 Å². The van der Waals surface area contributed by atoms with E-state index in [2.05, 4.69) is 381 Å². The van der Waals surface area contributed by atoms with Gasteiger partial charge in [0.1, 0.15) is 5.65 Å². The SMILES string of the molecule is CC(C)(C)c1ccc(-n2c3ccccc3c3ccccc32)cc1.CC(C)(C)c1ccc2c(c1)C(c1ccccc1)(c1ccccc1)c1ccccc1-2.CC(C)(C)c1ccc2c(c1)c1ccccc1n2-c1ccccc1.CC(C)(C)n1c2ccccc2c2cccnc21. The van der Waals surface area contributed by atoms with Gasteiger partial charge in [0.05, 0.1) is 33.0 Å². The number of hydrogen-bond donors (Lipinski definition) is 0. The molecule has 4 heterocycles. The van der Waals surface area contributed by atoms with Crippen LogP contribution in [0.2, 0.25) is 0 Å². The Labute approximate surface area is 544 Å². The minimum Gasteiger partial charge on any atom is -0.320 e. The van der Waals surface area contributed by atoms with Gasteiger partial charge in [-0.1, -0.05) is 275 Å². The fourth-order valence-corrected chi connectivity index (χ4v) is 14.0. The second kappa shape index (κ2) is 24.0. The van der Waals surface area contributed by atoms with Crippen LogP contribution >= 0.6 is 0 Å². The predicted octanol–water partition coefficient (Wildman–Crippen LogP) is 23.5. The molecule has 16 rings (SSSR count). The second-order valence-corrected chi connectivity index (χ2v) is 28.8. The Hall–Kier alpha value is -10.0. The van der Waals surface area contributed by atoms with Gasteiger partial charge in [0, 0.05) is 55.4 Å². The van der Waals surface area contributed by atoms with Crippen molar-refractivity contribution in [2.24, 2.45) is 0 Å². The van der Waals surface area contributed by atoms with Crippen molar-refractivity contribution in [1.82, 2.24) is 18.7 Å². The van der Waals surface area contributed by atoms with E-state index in [0.29, 0.717) is 0 Å². The maximum absolute atomic E-state index is 4.55. The smallest absolute Gasteiger partial charge is 0.141 e. The molecule has 15 aromatic rings. The lowest BCUT2D eigenvalue weighted by molar-refractivity contribution is 0.421. The molecule has 0 fully saturated rings. The van der Waals surface area contributed by atoms with Crippen molar-refractivity contribution in [3.63, 3.8) is 0 Å². The molecule has 92 heavy (non-hydrogen) atoms. The minimum absolute atomic E-state index is 0.0374. The molecule has 4 aromatic heterocycles. The zero-order chi connectivity index (χ0) is 64.2. The van der Waals surface area contributed by atoms with Crippen molar-refractivity contribution in [3.8, 4) is 22.5 Å². The van der Waals surface area contributed by atoms with Crippen molar-refractivity contribution in [2.45, 2.75) is 110 Å². The van der Waals surface area contributed by atoms with Gasteiger partial charge in [-0.3, -0.25) is 0 Å². The molecule has 0 atom stereocenters. The Morgan fingerprint density at radius 1 is 0.283 bits per heavy atom. The maximum Gasteiger partial charge on any atom is 0.141 e. The Morgan fingerprint density at radius 3 is 1.18 bits per heavy atom. The van der Waals surface area contributed by atoms with Crippen LogP contribution < -0.4 is 0 Å². The average Bonchev–Trinajstić information content (AvgIpc) is 1.53. The quantitative estimate of drug-likeness (QED) is 0.173. The van der Waals surface area contributed by atoms with Gasteiger partial charge < -0.3 is 13.7 Å². The highest BCUT2D eigenvalue weighted by atomic mass is 15.1. The van der Waals surface area contributed by atoms with Crippen LogP contribution in [0.5, 0.6) is 0 Å². The first kappa shape index (κ1) is 60.9. The molecule has 4 nitrogen and oxygen atoms in total. The van der Waals surface area contributed by atoms with Gasteiger partial charge in [-0.15, -0.1) is 0 Å². The fraction of sp³-hybridized carbons (Fsp3) is 0.193. The van der Waals surface area contributed by atoms with Gasteiger partial charge in [-0.2, -0.15) is 0 Å². The molecule has 0 bridgehead atoms. The van der Waals surface area contributed by atoms with Gasteiger partial charge in [0.2, 0.25) is 0 Å². The van der Waals surface area contributed by atoms with E-state index in [0.717, 1.165) is 5.65 Å². The van der Waals surface area contributed by atoms with Crippen LogP contribution in [-0.2, 0) is 27.2 Å². The van der Waals surface area contributed by atoms with Crippen LogP contribution in [-0.4, -0.2) is 18.7 Å². The van der Waals surface area contributed by atoms with Crippen LogP contribution in [0.15, 0.2) is 291 Å². The van der Waals surface area contributed by atoms with E-state index in [1.807, 2.05) is 12.3 Å². The van der Waals surface area contributed by atoms with Crippen molar-refractivity contribution < 1.29 is 0 Å². The average molecular weight is 1200 g/mol. The molecule has 0 spiro atoms. The molecular weight excluding hydrogens is 1110 g/mol. The topological polar surface area (TPSA) is 27.7 Å². The number of rotatable bonds is 4. The summed E-state index contributed by atoms with van der Waals surface area (Å²) in [7, 11) is 0. The lowest BCUT2D eigenvalue weighted by Gasteiger charge is -2.34. The highest BCUT2D eigenvalue weighted by Gasteiger charge is 2.46. The summed E-state index contributed by atoms with van der Waals surface area (Å²) in [5.74, 6) is 0. The van der Waals surface area contributed by atoms with Gasteiger partial charge >= 0.3 is 0 Å². The summed E-state index contributed by atoms with van der Waals surface area (Å²) in [6.45, 7) is 27.1. The number of benzene rings is 11.